The van der Waals surface area contributed by atoms with Gasteiger partial charge in [-0.25, -0.2) is 0 Å². The Morgan fingerprint density at radius 3 is 2.59 bits per heavy atom. The molecule has 146 valence electrons. The summed E-state index contributed by atoms with van der Waals surface area (Å²) in [4.78, 5) is 22.6. The lowest BCUT2D eigenvalue weighted by Crippen LogP contribution is -2.06. The summed E-state index contributed by atoms with van der Waals surface area (Å²) in [6.07, 6.45) is -3.10. The lowest BCUT2D eigenvalue weighted by atomic mass is 10.0. The number of carbonyl (C=O) groups is 1. The Morgan fingerprint density at radius 1 is 1.07 bits per heavy atom. The van der Waals surface area contributed by atoms with Crippen LogP contribution in [-0.2, 0) is 11.0 Å². The molecular weight excluding hydrogens is 389 g/mol. The highest BCUT2D eigenvalue weighted by Gasteiger charge is 2.33. The number of hydrogen-bond acceptors (Lipinski definition) is 4. The number of benzene rings is 2. The number of halogens is 3. The van der Waals surface area contributed by atoms with E-state index in [-0.39, 0.29) is 22.7 Å². The van der Waals surface area contributed by atoms with E-state index in [1.54, 1.807) is 18.2 Å². The van der Waals surface area contributed by atoms with Crippen LogP contribution in [0.1, 0.15) is 16.9 Å². The van der Waals surface area contributed by atoms with Crippen molar-refractivity contribution in [3.05, 3.63) is 81.6 Å². The number of hydrogen-bond donors (Lipinski definition) is 1. The van der Waals surface area contributed by atoms with Gasteiger partial charge in [-0.2, -0.15) is 13.2 Å². The van der Waals surface area contributed by atoms with Crippen LogP contribution < -0.4 is 5.32 Å². The van der Waals surface area contributed by atoms with Gasteiger partial charge in [0.25, 0.3) is 11.6 Å². The van der Waals surface area contributed by atoms with E-state index >= 15 is 0 Å². The van der Waals surface area contributed by atoms with Crippen molar-refractivity contribution >= 4 is 28.9 Å². The van der Waals surface area contributed by atoms with Crippen LogP contribution in [0.15, 0.2) is 59.0 Å². The third kappa shape index (κ3) is 3.49. The summed E-state index contributed by atoms with van der Waals surface area (Å²) >= 11 is 0. The van der Waals surface area contributed by atoms with Crippen LogP contribution in [0.3, 0.4) is 0 Å². The molecule has 9 heteroatoms. The molecule has 0 saturated heterocycles. The van der Waals surface area contributed by atoms with Gasteiger partial charge >= 0.3 is 6.18 Å². The number of nitrogens with zero attached hydrogens (tertiary/aromatic N) is 1. The first-order valence-corrected chi connectivity index (χ1v) is 8.32. The predicted molar refractivity (Wildman–Crippen MR) is 98.7 cm³/mol. The fourth-order valence-electron chi connectivity index (χ4n) is 3.01. The molecule has 0 bridgehead atoms. The minimum atomic E-state index is -4.51. The summed E-state index contributed by atoms with van der Waals surface area (Å²) in [6, 6.07) is 12.0. The fraction of sp³-hybridized carbons (Fsp3) is 0.0500. The molecule has 29 heavy (non-hydrogen) atoms. The SMILES string of the molecule is O=C1Nc2cc(C(F)(F)F)ccc2/C1=C\c1ccc(-c2cccc([N+](=O)[O-])c2)o1. The Bertz CT molecular complexity index is 1180. The normalized spacial score (nSPS) is 14.7. The van der Waals surface area contributed by atoms with Crippen molar-refractivity contribution in [2.45, 2.75) is 6.18 Å². The van der Waals surface area contributed by atoms with Gasteiger partial charge in [0.05, 0.1) is 16.1 Å². The molecule has 0 atom stereocenters. The second-order valence-electron chi connectivity index (χ2n) is 6.28. The van der Waals surface area contributed by atoms with E-state index in [2.05, 4.69) is 5.32 Å². The molecule has 0 fully saturated rings. The van der Waals surface area contributed by atoms with Crippen LogP contribution >= 0.6 is 0 Å². The maximum absolute atomic E-state index is 12.9. The van der Waals surface area contributed by atoms with Crippen LogP contribution in [0, 0.1) is 10.1 Å². The number of nitrogens with one attached hydrogen (secondary N) is 1. The third-order valence-electron chi connectivity index (χ3n) is 4.38. The molecule has 0 unspecified atom stereocenters. The Balaban J connectivity index is 1.68. The van der Waals surface area contributed by atoms with Gasteiger partial charge in [-0.3, -0.25) is 14.9 Å². The Kier molecular flexibility index (Phi) is 4.22. The largest absolute Gasteiger partial charge is 0.457 e. The number of carbonyl (C=O) groups excluding carboxylic acids is 1. The molecule has 2 aromatic carbocycles. The summed E-state index contributed by atoms with van der Waals surface area (Å²) in [5, 5.41) is 13.3. The molecule has 1 aliphatic heterocycles. The number of fused-ring (bicyclic) bond motifs is 1. The first-order chi connectivity index (χ1) is 13.7. The Hall–Kier alpha value is -3.88. The maximum Gasteiger partial charge on any atom is 0.416 e. The molecule has 1 amide bonds. The van der Waals surface area contributed by atoms with Gasteiger partial charge in [0.15, 0.2) is 0 Å². The highest BCUT2D eigenvalue weighted by atomic mass is 19.4. The van der Waals surface area contributed by atoms with Gasteiger partial charge in [-0.1, -0.05) is 18.2 Å². The van der Waals surface area contributed by atoms with Crippen molar-refractivity contribution in [1.29, 1.82) is 0 Å². The van der Waals surface area contributed by atoms with Crippen LogP contribution in [0.4, 0.5) is 24.5 Å². The molecular formula is C20H11F3N2O4. The zero-order valence-corrected chi connectivity index (χ0v) is 14.5. The van der Waals surface area contributed by atoms with Gasteiger partial charge in [0.2, 0.25) is 0 Å². The van der Waals surface area contributed by atoms with Gasteiger partial charge in [0, 0.05) is 28.9 Å². The van der Waals surface area contributed by atoms with E-state index in [1.807, 2.05) is 0 Å². The van der Waals surface area contributed by atoms with E-state index in [4.69, 9.17) is 4.42 Å². The fourth-order valence-corrected chi connectivity index (χ4v) is 3.01. The first kappa shape index (κ1) is 18.5. The standard InChI is InChI=1S/C20H11F3N2O4/c21-20(22,23)12-4-6-15-16(19(26)24-17(15)9-12)10-14-5-7-18(29-14)11-2-1-3-13(8-11)25(27)28/h1-10H,(H,24,26)/b16-10+. The molecule has 0 spiro atoms. The monoisotopic (exact) mass is 400 g/mol. The van der Waals surface area contributed by atoms with Crippen molar-refractivity contribution in [3.63, 3.8) is 0 Å². The number of nitro benzene ring substituents is 1. The van der Waals surface area contributed by atoms with Crippen LogP contribution in [0.5, 0.6) is 0 Å². The molecule has 3 aromatic rings. The number of anilines is 1. The minimum Gasteiger partial charge on any atom is -0.457 e. The number of nitro groups is 1. The highest BCUT2D eigenvalue weighted by molar-refractivity contribution is 6.34. The first-order valence-electron chi connectivity index (χ1n) is 8.32. The van der Waals surface area contributed by atoms with E-state index < -0.39 is 22.6 Å². The van der Waals surface area contributed by atoms with Gasteiger partial charge in [0.1, 0.15) is 11.5 Å². The summed E-state index contributed by atoms with van der Waals surface area (Å²) < 4.78 is 44.2. The third-order valence-corrected chi connectivity index (χ3v) is 4.38. The summed E-state index contributed by atoms with van der Waals surface area (Å²) in [6.45, 7) is 0. The maximum atomic E-state index is 12.9. The van der Waals surface area contributed by atoms with Crippen molar-refractivity contribution < 1.29 is 27.3 Å². The van der Waals surface area contributed by atoms with Crippen molar-refractivity contribution in [2.75, 3.05) is 5.32 Å². The van der Waals surface area contributed by atoms with E-state index in [9.17, 15) is 28.1 Å². The second kappa shape index (κ2) is 6.62. The average Bonchev–Trinajstić information content (AvgIpc) is 3.26. The number of amides is 1. The van der Waals surface area contributed by atoms with Gasteiger partial charge in [-0.05, 0) is 30.3 Å². The topological polar surface area (TPSA) is 85.4 Å². The Morgan fingerprint density at radius 2 is 1.86 bits per heavy atom. The number of non-ortho nitro benzene ring substituents is 1. The van der Waals surface area contributed by atoms with E-state index in [0.717, 1.165) is 12.1 Å². The minimum absolute atomic E-state index is 0.0709. The quantitative estimate of drug-likeness (QED) is 0.364. The van der Waals surface area contributed by atoms with Crippen LogP contribution in [0.2, 0.25) is 0 Å². The molecule has 6 nitrogen and oxygen atoms in total. The van der Waals surface area contributed by atoms with Gasteiger partial charge in [-0.15, -0.1) is 0 Å². The molecule has 0 radical (unpaired) electrons. The zero-order valence-electron chi connectivity index (χ0n) is 14.5. The van der Waals surface area contributed by atoms with Crippen molar-refractivity contribution in [3.8, 4) is 11.3 Å². The van der Waals surface area contributed by atoms with Gasteiger partial charge < -0.3 is 9.73 Å². The molecule has 2 heterocycles. The smallest absolute Gasteiger partial charge is 0.416 e. The Labute approximate surface area is 161 Å². The molecule has 1 aromatic heterocycles. The summed E-state index contributed by atoms with van der Waals surface area (Å²) in [5.74, 6) is 0.0867. The number of alkyl halides is 3. The van der Waals surface area contributed by atoms with Crippen LogP contribution in [-0.4, -0.2) is 10.8 Å². The van der Waals surface area contributed by atoms with E-state index in [1.165, 1.54) is 30.3 Å². The summed E-state index contributed by atoms with van der Waals surface area (Å²) in [7, 11) is 0. The molecule has 4 rings (SSSR count). The molecule has 0 aliphatic carbocycles. The van der Waals surface area contributed by atoms with E-state index in [0.29, 0.717) is 16.9 Å². The molecule has 0 saturated carbocycles. The average molecular weight is 400 g/mol. The molecule has 1 N–H and O–H groups in total. The van der Waals surface area contributed by atoms with Crippen molar-refractivity contribution in [1.82, 2.24) is 0 Å². The lowest BCUT2D eigenvalue weighted by molar-refractivity contribution is -0.384. The number of rotatable bonds is 3. The van der Waals surface area contributed by atoms with Crippen molar-refractivity contribution in [2.24, 2.45) is 0 Å². The van der Waals surface area contributed by atoms with Crippen LogP contribution in [0.25, 0.3) is 23.0 Å². The predicted octanol–water partition coefficient (Wildman–Crippen LogP) is 5.37. The molecule has 1 aliphatic rings. The summed E-state index contributed by atoms with van der Waals surface area (Å²) in [5.41, 5.74) is 0.0913. The number of furan rings is 1. The lowest BCUT2D eigenvalue weighted by Gasteiger charge is -2.07. The second-order valence-corrected chi connectivity index (χ2v) is 6.28. The zero-order chi connectivity index (χ0) is 20.8. The highest BCUT2D eigenvalue weighted by Crippen LogP contribution is 2.38.